The highest BCUT2D eigenvalue weighted by Crippen LogP contribution is 2.24. The third kappa shape index (κ3) is 7.18. The number of fused-ring (bicyclic) bond motifs is 1. The summed E-state index contributed by atoms with van der Waals surface area (Å²) in [4.78, 5) is 15.6. The van der Waals surface area contributed by atoms with Gasteiger partial charge in [0.25, 0.3) is 0 Å². The van der Waals surface area contributed by atoms with Crippen molar-refractivity contribution >= 4 is 16.7 Å². The fourth-order valence-electron chi connectivity index (χ4n) is 3.81. The second kappa shape index (κ2) is 11.1. The Morgan fingerprint density at radius 2 is 1.76 bits per heavy atom. The third-order valence-electron chi connectivity index (χ3n) is 5.59. The first kappa shape index (κ1) is 24.5. The predicted molar refractivity (Wildman–Crippen MR) is 120 cm³/mol. The molecule has 0 radical (unpaired) electrons. The molecule has 1 N–H and O–H groups in total. The molecule has 0 unspecified atom stereocenters. The van der Waals surface area contributed by atoms with Crippen LogP contribution in [0.5, 0.6) is 5.75 Å². The first-order valence-electron chi connectivity index (χ1n) is 10.9. The van der Waals surface area contributed by atoms with Crippen molar-refractivity contribution in [3.05, 3.63) is 72.1 Å². The van der Waals surface area contributed by atoms with E-state index in [1.807, 2.05) is 18.5 Å². The molecule has 1 fully saturated rings. The van der Waals surface area contributed by atoms with Gasteiger partial charge in [-0.15, -0.1) is 0 Å². The van der Waals surface area contributed by atoms with Gasteiger partial charge in [0.1, 0.15) is 11.9 Å². The molecular formula is C25H27F3N2O3. The number of ether oxygens (including phenoxy) is 1. The number of aliphatic carboxylic acids is 1. The average Bonchev–Trinajstić information content (AvgIpc) is 2.80. The Morgan fingerprint density at radius 1 is 1.09 bits per heavy atom. The number of nitrogens with zero attached hydrogens (tertiary/aromatic N) is 2. The Hall–Kier alpha value is -3.13. The minimum atomic E-state index is -5.08. The first-order valence-corrected chi connectivity index (χ1v) is 10.9. The number of hydrogen-bond acceptors (Lipinski definition) is 4. The largest absolute Gasteiger partial charge is 0.490 e. The molecule has 8 heteroatoms. The topological polar surface area (TPSA) is 62.7 Å². The molecule has 4 rings (SSSR count). The fraction of sp³-hybridized carbons (Fsp3) is 0.360. The van der Waals surface area contributed by atoms with E-state index in [2.05, 4.69) is 59.3 Å². The molecule has 0 bridgehead atoms. The molecule has 176 valence electrons. The van der Waals surface area contributed by atoms with Crippen LogP contribution in [-0.4, -0.2) is 46.3 Å². The number of aryl methyl sites for hydroxylation is 1. The summed E-state index contributed by atoms with van der Waals surface area (Å²) in [5.74, 6) is -1.79. The SMILES string of the molecule is CCc1ccccc1CN1CCC(Oc2ccc3cnccc3c2)CC1.O=C(O)C(F)(F)F. The number of benzene rings is 2. The van der Waals surface area contributed by atoms with Gasteiger partial charge in [0, 0.05) is 37.4 Å². The fourth-order valence-corrected chi connectivity index (χ4v) is 3.81. The van der Waals surface area contributed by atoms with Crippen LogP contribution >= 0.6 is 0 Å². The van der Waals surface area contributed by atoms with Crippen LogP contribution in [0, 0.1) is 0 Å². The Labute approximate surface area is 190 Å². The molecule has 1 saturated heterocycles. The zero-order valence-electron chi connectivity index (χ0n) is 18.4. The predicted octanol–water partition coefficient (Wildman–Crippen LogP) is 5.47. The second-order valence-electron chi connectivity index (χ2n) is 7.90. The molecule has 0 aliphatic carbocycles. The zero-order chi connectivity index (χ0) is 23.8. The molecule has 1 aliphatic rings. The summed E-state index contributed by atoms with van der Waals surface area (Å²) in [6.07, 6.45) is 2.23. The average molecular weight is 460 g/mol. The number of carbonyl (C=O) groups is 1. The lowest BCUT2D eigenvalue weighted by molar-refractivity contribution is -0.192. The lowest BCUT2D eigenvalue weighted by Crippen LogP contribution is -2.38. The summed E-state index contributed by atoms with van der Waals surface area (Å²) in [7, 11) is 0. The van der Waals surface area contributed by atoms with E-state index in [0.717, 1.165) is 50.0 Å². The maximum atomic E-state index is 10.6. The highest BCUT2D eigenvalue weighted by Gasteiger charge is 2.38. The standard InChI is InChI=1S/C23H26N2O.C2HF3O2/c1-2-18-5-3-4-6-21(18)17-25-13-10-22(11-14-25)26-23-8-7-20-16-24-12-9-19(20)15-23;3-2(4,5)1(6)7/h3-9,12,15-16,22H,2,10-11,13-14,17H2,1H3;(H,6,7). The van der Waals surface area contributed by atoms with Crippen LogP contribution in [0.15, 0.2) is 60.9 Å². The van der Waals surface area contributed by atoms with Gasteiger partial charge < -0.3 is 9.84 Å². The molecule has 2 aromatic carbocycles. The number of piperidine rings is 1. The number of rotatable bonds is 5. The number of hydrogen-bond donors (Lipinski definition) is 1. The van der Waals surface area contributed by atoms with Crippen molar-refractivity contribution in [1.82, 2.24) is 9.88 Å². The molecule has 1 aliphatic heterocycles. The van der Waals surface area contributed by atoms with Gasteiger partial charge in [0.05, 0.1) is 0 Å². The van der Waals surface area contributed by atoms with Crippen LogP contribution in [0.25, 0.3) is 10.8 Å². The molecule has 0 spiro atoms. The van der Waals surface area contributed by atoms with Crippen LogP contribution < -0.4 is 4.74 Å². The second-order valence-corrected chi connectivity index (χ2v) is 7.90. The van der Waals surface area contributed by atoms with E-state index < -0.39 is 12.1 Å². The molecule has 1 aromatic heterocycles. The number of likely N-dealkylation sites (tertiary alicyclic amines) is 1. The van der Waals surface area contributed by atoms with Crippen LogP contribution in [0.3, 0.4) is 0 Å². The number of pyridine rings is 1. The van der Waals surface area contributed by atoms with Gasteiger partial charge in [-0.2, -0.15) is 13.2 Å². The van der Waals surface area contributed by atoms with Gasteiger partial charge in [-0.1, -0.05) is 31.2 Å². The van der Waals surface area contributed by atoms with E-state index in [4.69, 9.17) is 14.6 Å². The lowest BCUT2D eigenvalue weighted by atomic mass is 10.0. The van der Waals surface area contributed by atoms with Gasteiger partial charge >= 0.3 is 12.1 Å². The lowest BCUT2D eigenvalue weighted by Gasteiger charge is -2.32. The highest BCUT2D eigenvalue weighted by atomic mass is 19.4. The molecule has 0 saturated carbocycles. The van der Waals surface area contributed by atoms with E-state index in [-0.39, 0.29) is 0 Å². The quantitative estimate of drug-likeness (QED) is 0.547. The van der Waals surface area contributed by atoms with Crippen LogP contribution in [0.2, 0.25) is 0 Å². The van der Waals surface area contributed by atoms with Crippen molar-refractivity contribution in [2.45, 2.75) is 45.0 Å². The normalized spacial score (nSPS) is 15.0. The maximum Gasteiger partial charge on any atom is 0.490 e. The Morgan fingerprint density at radius 3 is 2.39 bits per heavy atom. The number of aromatic nitrogens is 1. The summed E-state index contributed by atoms with van der Waals surface area (Å²) in [5, 5.41) is 9.47. The van der Waals surface area contributed by atoms with Gasteiger partial charge in [-0.3, -0.25) is 9.88 Å². The van der Waals surface area contributed by atoms with Gasteiger partial charge in [-0.05, 0) is 60.0 Å². The molecule has 2 heterocycles. The number of carboxylic acid groups (broad SMARTS) is 1. The van der Waals surface area contributed by atoms with E-state index in [1.165, 1.54) is 16.5 Å². The van der Waals surface area contributed by atoms with Crippen LogP contribution in [-0.2, 0) is 17.8 Å². The van der Waals surface area contributed by atoms with Crippen molar-refractivity contribution in [2.24, 2.45) is 0 Å². The van der Waals surface area contributed by atoms with Crippen molar-refractivity contribution in [1.29, 1.82) is 0 Å². The minimum Gasteiger partial charge on any atom is -0.490 e. The number of carboxylic acids is 1. The van der Waals surface area contributed by atoms with Crippen molar-refractivity contribution < 1.29 is 27.8 Å². The first-order chi connectivity index (χ1) is 15.8. The Balaban J connectivity index is 0.000000383. The molecule has 5 nitrogen and oxygen atoms in total. The Kier molecular flexibility index (Phi) is 8.27. The molecule has 0 amide bonds. The summed E-state index contributed by atoms with van der Waals surface area (Å²) in [6, 6.07) is 17.1. The van der Waals surface area contributed by atoms with E-state index >= 15 is 0 Å². The van der Waals surface area contributed by atoms with Crippen molar-refractivity contribution in [3.63, 3.8) is 0 Å². The zero-order valence-corrected chi connectivity index (χ0v) is 18.4. The monoisotopic (exact) mass is 460 g/mol. The van der Waals surface area contributed by atoms with Crippen LogP contribution in [0.4, 0.5) is 13.2 Å². The van der Waals surface area contributed by atoms with Gasteiger partial charge in [0.15, 0.2) is 0 Å². The van der Waals surface area contributed by atoms with Crippen molar-refractivity contribution in [3.8, 4) is 5.75 Å². The number of alkyl halides is 3. The maximum absolute atomic E-state index is 10.6. The van der Waals surface area contributed by atoms with Crippen LogP contribution in [0.1, 0.15) is 30.9 Å². The highest BCUT2D eigenvalue weighted by molar-refractivity contribution is 5.82. The molecule has 0 atom stereocenters. The summed E-state index contributed by atoms with van der Waals surface area (Å²) >= 11 is 0. The molecular weight excluding hydrogens is 433 g/mol. The summed E-state index contributed by atoms with van der Waals surface area (Å²) in [6.45, 7) is 5.48. The third-order valence-corrected chi connectivity index (χ3v) is 5.59. The summed E-state index contributed by atoms with van der Waals surface area (Å²) < 4.78 is 38.0. The van der Waals surface area contributed by atoms with Gasteiger partial charge in [-0.25, -0.2) is 4.79 Å². The Bertz CT molecular complexity index is 1060. The van der Waals surface area contributed by atoms with Gasteiger partial charge in [0.2, 0.25) is 0 Å². The smallest absolute Gasteiger partial charge is 0.490 e. The van der Waals surface area contributed by atoms with E-state index in [1.54, 1.807) is 0 Å². The molecule has 3 aromatic rings. The minimum absolute atomic E-state index is 0.312. The van der Waals surface area contributed by atoms with E-state index in [9.17, 15) is 13.2 Å². The summed E-state index contributed by atoms with van der Waals surface area (Å²) in [5.41, 5.74) is 2.94. The molecule has 33 heavy (non-hydrogen) atoms. The van der Waals surface area contributed by atoms with Crippen molar-refractivity contribution in [2.75, 3.05) is 13.1 Å². The van der Waals surface area contributed by atoms with E-state index in [0.29, 0.717) is 6.10 Å². The number of halogens is 3.